The fourth-order valence-electron chi connectivity index (χ4n) is 1.37. The average Bonchev–Trinajstić information content (AvgIpc) is 2.91. The van der Waals surface area contributed by atoms with Gasteiger partial charge in [0.25, 0.3) is 11.5 Å². The first kappa shape index (κ1) is 9.45. The van der Waals surface area contributed by atoms with E-state index in [0.717, 1.165) is 12.8 Å². The number of halogens is 1. The zero-order chi connectivity index (χ0) is 10.3. The highest BCUT2D eigenvalue weighted by Crippen LogP contribution is 2.33. The maximum atomic E-state index is 11.7. The molecule has 1 heterocycles. The van der Waals surface area contributed by atoms with Crippen LogP contribution < -0.4 is 11.3 Å². The smallest absolute Gasteiger partial charge is 0.263 e. The van der Waals surface area contributed by atoms with Gasteiger partial charge in [-0.25, -0.2) is 0 Å². The van der Waals surface area contributed by atoms with E-state index in [0.29, 0.717) is 4.47 Å². The van der Waals surface area contributed by atoms with E-state index in [1.165, 1.54) is 6.07 Å². The van der Waals surface area contributed by atoms with Gasteiger partial charge in [0, 0.05) is 16.7 Å². The molecule has 1 aliphatic carbocycles. The fourth-order valence-corrected chi connectivity index (χ4v) is 1.82. The van der Waals surface area contributed by atoms with Crippen molar-refractivity contribution in [2.45, 2.75) is 18.9 Å². The molecule has 0 saturated heterocycles. The zero-order valence-corrected chi connectivity index (χ0v) is 8.95. The normalized spacial score (nSPS) is 15.5. The number of aromatic nitrogens is 1. The molecule has 1 aromatic heterocycles. The molecule has 74 valence electrons. The minimum atomic E-state index is -0.675. The van der Waals surface area contributed by atoms with Gasteiger partial charge in [-0.15, -0.1) is 0 Å². The summed E-state index contributed by atoms with van der Waals surface area (Å²) in [6.45, 7) is 0. The summed E-state index contributed by atoms with van der Waals surface area (Å²) in [5.41, 5.74) is 4.86. The number of rotatable bonds is 2. The van der Waals surface area contributed by atoms with Gasteiger partial charge in [0.2, 0.25) is 0 Å². The fraction of sp³-hybridized carbons (Fsp3) is 0.333. The summed E-state index contributed by atoms with van der Waals surface area (Å²) >= 11 is 3.24. The standard InChI is InChI=1S/C9H9BrN2O2/c10-5-3-7(8(11)13)9(14)12(4-5)6-1-2-6/h3-4,6H,1-2H2,(H2,11,13). The van der Waals surface area contributed by atoms with E-state index in [1.807, 2.05) is 0 Å². The van der Waals surface area contributed by atoms with Crippen LogP contribution in [0.4, 0.5) is 0 Å². The number of nitrogens with zero attached hydrogens (tertiary/aromatic N) is 1. The van der Waals surface area contributed by atoms with Crippen LogP contribution in [0, 0.1) is 0 Å². The van der Waals surface area contributed by atoms with Gasteiger partial charge in [-0.3, -0.25) is 9.59 Å². The third kappa shape index (κ3) is 1.59. The van der Waals surface area contributed by atoms with Crippen molar-refractivity contribution in [1.29, 1.82) is 0 Å². The summed E-state index contributed by atoms with van der Waals surface area (Å²) in [6, 6.07) is 1.71. The van der Waals surface area contributed by atoms with Crippen molar-refractivity contribution >= 4 is 21.8 Å². The molecule has 1 saturated carbocycles. The molecule has 5 heteroatoms. The van der Waals surface area contributed by atoms with Crippen LogP contribution in [0.1, 0.15) is 29.2 Å². The maximum Gasteiger partial charge on any atom is 0.263 e. The quantitative estimate of drug-likeness (QED) is 0.860. The lowest BCUT2D eigenvalue weighted by Crippen LogP contribution is -2.28. The minimum Gasteiger partial charge on any atom is -0.365 e. The van der Waals surface area contributed by atoms with E-state index < -0.39 is 5.91 Å². The second kappa shape index (κ2) is 3.24. The van der Waals surface area contributed by atoms with Crippen LogP contribution in [0.15, 0.2) is 21.5 Å². The van der Waals surface area contributed by atoms with Crippen molar-refractivity contribution < 1.29 is 4.79 Å². The predicted molar refractivity (Wildman–Crippen MR) is 55.2 cm³/mol. The minimum absolute atomic E-state index is 0.0475. The SMILES string of the molecule is NC(=O)c1cc(Br)cn(C2CC2)c1=O. The Morgan fingerprint density at radius 3 is 2.71 bits per heavy atom. The maximum absolute atomic E-state index is 11.7. The van der Waals surface area contributed by atoms with Gasteiger partial charge in [0.1, 0.15) is 5.56 Å². The van der Waals surface area contributed by atoms with Crippen LogP contribution in [0.5, 0.6) is 0 Å². The van der Waals surface area contributed by atoms with Gasteiger partial charge in [-0.1, -0.05) is 0 Å². The van der Waals surface area contributed by atoms with Gasteiger partial charge in [-0.2, -0.15) is 0 Å². The first-order valence-electron chi connectivity index (χ1n) is 4.31. The Morgan fingerprint density at radius 1 is 1.57 bits per heavy atom. The predicted octanol–water partition coefficient (Wildman–Crippen LogP) is 1.04. The molecule has 1 amide bonds. The number of primary amides is 1. The topological polar surface area (TPSA) is 65.1 Å². The van der Waals surface area contributed by atoms with E-state index in [9.17, 15) is 9.59 Å². The number of carbonyl (C=O) groups is 1. The number of amides is 1. The summed E-state index contributed by atoms with van der Waals surface area (Å²) in [4.78, 5) is 22.6. The average molecular weight is 257 g/mol. The largest absolute Gasteiger partial charge is 0.365 e. The lowest BCUT2D eigenvalue weighted by atomic mass is 10.2. The first-order chi connectivity index (χ1) is 6.59. The lowest BCUT2D eigenvalue weighted by molar-refractivity contribution is 0.0998. The van der Waals surface area contributed by atoms with E-state index in [-0.39, 0.29) is 17.2 Å². The molecular weight excluding hydrogens is 248 g/mol. The van der Waals surface area contributed by atoms with Gasteiger partial charge in [0.15, 0.2) is 0 Å². The lowest BCUT2D eigenvalue weighted by Gasteiger charge is -2.05. The Hall–Kier alpha value is -1.10. The highest BCUT2D eigenvalue weighted by atomic mass is 79.9. The van der Waals surface area contributed by atoms with E-state index in [4.69, 9.17) is 5.73 Å². The number of carbonyl (C=O) groups excluding carboxylic acids is 1. The Kier molecular flexibility index (Phi) is 2.19. The van der Waals surface area contributed by atoms with Crippen LogP contribution in [0.2, 0.25) is 0 Å². The first-order valence-corrected chi connectivity index (χ1v) is 5.10. The van der Waals surface area contributed by atoms with Crippen LogP contribution in [-0.2, 0) is 0 Å². The molecule has 1 fully saturated rings. The van der Waals surface area contributed by atoms with Crippen molar-refractivity contribution in [2.75, 3.05) is 0 Å². The highest BCUT2D eigenvalue weighted by molar-refractivity contribution is 9.10. The Bertz CT molecular complexity index is 449. The van der Waals surface area contributed by atoms with Gasteiger partial charge >= 0.3 is 0 Å². The second-order valence-corrected chi connectivity index (χ2v) is 4.30. The van der Waals surface area contributed by atoms with E-state index in [2.05, 4.69) is 15.9 Å². The number of hydrogen-bond acceptors (Lipinski definition) is 2. The molecule has 0 radical (unpaired) electrons. The zero-order valence-electron chi connectivity index (χ0n) is 7.37. The van der Waals surface area contributed by atoms with Crippen molar-refractivity contribution in [3.8, 4) is 0 Å². The van der Waals surface area contributed by atoms with Gasteiger partial charge in [0.05, 0.1) is 0 Å². The number of pyridine rings is 1. The van der Waals surface area contributed by atoms with Crippen molar-refractivity contribution in [3.63, 3.8) is 0 Å². The van der Waals surface area contributed by atoms with Gasteiger partial charge in [-0.05, 0) is 34.8 Å². The molecular formula is C9H9BrN2O2. The third-order valence-corrected chi connectivity index (χ3v) is 2.65. The number of hydrogen-bond donors (Lipinski definition) is 1. The Morgan fingerprint density at radius 2 is 2.21 bits per heavy atom. The van der Waals surface area contributed by atoms with Gasteiger partial charge < -0.3 is 10.3 Å². The summed E-state index contributed by atoms with van der Waals surface area (Å²) < 4.78 is 2.28. The molecule has 2 rings (SSSR count). The summed E-state index contributed by atoms with van der Waals surface area (Å²) in [6.07, 6.45) is 3.69. The molecule has 0 aromatic carbocycles. The second-order valence-electron chi connectivity index (χ2n) is 3.38. The molecule has 0 atom stereocenters. The molecule has 14 heavy (non-hydrogen) atoms. The number of nitrogens with two attached hydrogens (primary N) is 1. The molecule has 0 spiro atoms. The van der Waals surface area contributed by atoms with Crippen LogP contribution in [0.25, 0.3) is 0 Å². The van der Waals surface area contributed by atoms with Crippen molar-refractivity contribution in [1.82, 2.24) is 4.57 Å². The Labute approximate surface area is 88.8 Å². The van der Waals surface area contributed by atoms with E-state index >= 15 is 0 Å². The van der Waals surface area contributed by atoms with Crippen molar-refractivity contribution in [2.24, 2.45) is 5.73 Å². The summed E-state index contributed by atoms with van der Waals surface area (Å²) in [5, 5.41) is 0. The molecule has 2 N–H and O–H groups in total. The monoisotopic (exact) mass is 256 g/mol. The molecule has 0 unspecified atom stereocenters. The Balaban J connectivity index is 2.61. The molecule has 1 aromatic rings. The van der Waals surface area contributed by atoms with Crippen molar-refractivity contribution in [3.05, 3.63) is 32.7 Å². The highest BCUT2D eigenvalue weighted by Gasteiger charge is 2.26. The van der Waals surface area contributed by atoms with Crippen LogP contribution in [0.3, 0.4) is 0 Å². The molecule has 0 aliphatic heterocycles. The molecule has 1 aliphatic rings. The van der Waals surface area contributed by atoms with Crippen LogP contribution in [-0.4, -0.2) is 10.5 Å². The molecule has 0 bridgehead atoms. The van der Waals surface area contributed by atoms with E-state index in [1.54, 1.807) is 10.8 Å². The third-order valence-electron chi connectivity index (χ3n) is 2.22. The summed E-state index contributed by atoms with van der Waals surface area (Å²) in [5.74, 6) is -0.675. The summed E-state index contributed by atoms with van der Waals surface area (Å²) in [7, 11) is 0. The molecule has 4 nitrogen and oxygen atoms in total. The van der Waals surface area contributed by atoms with Crippen LogP contribution >= 0.6 is 15.9 Å².